The fourth-order valence-corrected chi connectivity index (χ4v) is 3.08. The molecule has 0 bridgehead atoms. The topological polar surface area (TPSA) is 58.4 Å². The molecule has 112 valence electrons. The molecule has 0 atom stereocenters. The molecule has 1 fully saturated rings. The number of hydrogen-bond acceptors (Lipinski definition) is 3. The summed E-state index contributed by atoms with van der Waals surface area (Å²) in [6, 6.07) is 2.35. The second-order valence-corrected chi connectivity index (χ2v) is 5.65. The fraction of sp³-hybridized carbons (Fsp3) is 0.733. The Morgan fingerprint density at radius 1 is 1.45 bits per heavy atom. The maximum absolute atomic E-state index is 12.4. The Labute approximate surface area is 120 Å². The molecule has 2 rings (SSSR count). The Morgan fingerprint density at radius 3 is 2.70 bits per heavy atom. The zero-order valence-electron chi connectivity index (χ0n) is 12.5. The molecular formula is C15H25N3O2. The molecule has 0 spiro atoms. The van der Waals surface area contributed by atoms with Crippen molar-refractivity contribution in [1.82, 2.24) is 14.7 Å². The second-order valence-electron chi connectivity index (χ2n) is 5.65. The van der Waals surface area contributed by atoms with Gasteiger partial charge in [-0.05, 0) is 32.8 Å². The third kappa shape index (κ3) is 3.60. The van der Waals surface area contributed by atoms with Crippen molar-refractivity contribution in [3.63, 3.8) is 0 Å². The SMILES string of the molecule is Cc1cc(C)n(CCC(=O)N(CCO)C2CCCC2)n1. The molecule has 1 amide bonds. The molecule has 0 unspecified atom stereocenters. The fourth-order valence-electron chi connectivity index (χ4n) is 3.08. The molecule has 1 aromatic rings. The summed E-state index contributed by atoms with van der Waals surface area (Å²) in [5.41, 5.74) is 2.07. The molecule has 0 aliphatic heterocycles. The Morgan fingerprint density at radius 2 is 2.15 bits per heavy atom. The van der Waals surface area contributed by atoms with Crippen molar-refractivity contribution < 1.29 is 9.90 Å². The first-order valence-electron chi connectivity index (χ1n) is 7.53. The van der Waals surface area contributed by atoms with Gasteiger partial charge in [-0.2, -0.15) is 5.10 Å². The number of nitrogens with zero attached hydrogens (tertiary/aromatic N) is 3. The van der Waals surface area contributed by atoms with Crippen LogP contribution in [0.4, 0.5) is 0 Å². The summed E-state index contributed by atoms with van der Waals surface area (Å²) < 4.78 is 1.89. The van der Waals surface area contributed by atoms with Crippen LogP contribution in [0.25, 0.3) is 0 Å². The third-order valence-electron chi connectivity index (χ3n) is 4.07. The highest BCUT2D eigenvalue weighted by Gasteiger charge is 2.25. The highest BCUT2D eigenvalue weighted by molar-refractivity contribution is 5.76. The highest BCUT2D eigenvalue weighted by Crippen LogP contribution is 2.24. The van der Waals surface area contributed by atoms with E-state index < -0.39 is 0 Å². The van der Waals surface area contributed by atoms with E-state index in [1.807, 2.05) is 29.5 Å². The maximum atomic E-state index is 12.4. The number of aromatic nitrogens is 2. The zero-order valence-corrected chi connectivity index (χ0v) is 12.5. The van der Waals surface area contributed by atoms with E-state index in [1.54, 1.807) is 0 Å². The number of hydrogen-bond donors (Lipinski definition) is 1. The Hall–Kier alpha value is -1.36. The number of aliphatic hydroxyl groups excluding tert-OH is 1. The van der Waals surface area contributed by atoms with Gasteiger partial charge in [-0.1, -0.05) is 12.8 Å². The number of rotatable bonds is 6. The van der Waals surface area contributed by atoms with Crippen LogP contribution in [0, 0.1) is 13.8 Å². The lowest BCUT2D eigenvalue weighted by Gasteiger charge is -2.28. The molecule has 1 aliphatic carbocycles. The van der Waals surface area contributed by atoms with Crippen LogP contribution >= 0.6 is 0 Å². The molecule has 1 aromatic heterocycles. The molecule has 1 N–H and O–H groups in total. The number of carbonyl (C=O) groups excluding carboxylic acids is 1. The van der Waals surface area contributed by atoms with Gasteiger partial charge in [0.15, 0.2) is 0 Å². The largest absolute Gasteiger partial charge is 0.395 e. The van der Waals surface area contributed by atoms with Crippen molar-refractivity contribution in [1.29, 1.82) is 0 Å². The van der Waals surface area contributed by atoms with Gasteiger partial charge in [0.1, 0.15) is 0 Å². The lowest BCUT2D eigenvalue weighted by molar-refractivity contribution is -0.134. The minimum Gasteiger partial charge on any atom is -0.395 e. The summed E-state index contributed by atoms with van der Waals surface area (Å²) >= 11 is 0. The zero-order chi connectivity index (χ0) is 14.5. The van der Waals surface area contributed by atoms with Gasteiger partial charge < -0.3 is 10.0 Å². The molecule has 1 heterocycles. The van der Waals surface area contributed by atoms with Gasteiger partial charge in [0, 0.05) is 31.2 Å². The molecule has 20 heavy (non-hydrogen) atoms. The normalized spacial score (nSPS) is 15.8. The van der Waals surface area contributed by atoms with Crippen LogP contribution < -0.4 is 0 Å². The van der Waals surface area contributed by atoms with Crippen molar-refractivity contribution in [3.8, 4) is 0 Å². The predicted molar refractivity (Wildman–Crippen MR) is 77.4 cm³/mol. The van der Waals surface area contributed by atoms with E-state index in [1.165, 1.54) is 12.8 Å². The molecule has 5 heteroatoms. The van der Waals surface area contributed by atoms with E-state index >= 15 is 0 Å². The summed E-state index contributed by atoms with van der Waals surface area (Å²) in [6.45, 7) is 5.09. The molecule has 0 saturated heterocycles. The van der Waals surface area contributed by atoms with Crippen LogP contribution in [0.5, 0.6) is 0 Å². The number of amides is 1. The standard InChI is InChI=1S/C15H25N3O2/c1-12-11-13(2)18(16-12)8-7-15(20)17(9-10-19)14-5-3-4-6-14/h11,14,19H,3-10H2,1-2H3. The molecule has 1 aliphatic rings. The van der Waals surface area contributed by atoms with Gasteiger partial charge in [-0.25, -0.2) is 0 Å². The number of aliphatic hydroxyl groups is 1. The first-order chi connectivity index (χ1) is 9.61. The minimum atomic E-state index is 0.0438. The van der Waals surface area contributed by atoms with Crippen LogP contribution in [0.2, 0.25) is 0 Å². The van der Waals surface area contributed by atoms with E-state index in [0.29, 0.717) is 25.6 Å². The monoisotopic (exact) mass is 279 g/mol. The lowest BCUT2D eigenvalue weighted by Crippen LogP contribution is -2.41. The Balaban J connectivity index is 1.92. The van der Waals surface area contributed by atoms with E-state index in [0.717, 1.165) is 24.2 Å². The van der Waals surface area contributed by atoms with E-state index in [-0.39, 0.29) is 12.5 Å². The minimum absolute atomic E-state index is 0.0438. The summed E-state index contributed by atoms with van der Waals surface area (Å²) in [5.74, 6) is 0.138. The highest BCUT2D eigenvalue weighted by atomic mass is 16.3. The van der Waals surface area contributed by atoms with Crippen LogP contribution in [0.1, 0.15) is 43.5 Å². The summed E-state index contributed by atoms with van der Waals surface area (Å²) in [6.07, 6.45) is 4.99. The summed E-state index contributed by atoms with van der Waals surface area (Å²) in [7, 11) is 0. The molecule has 0 radical (unpaired) electrons. The van der Waals surface area contributed by atoms with E-state index in [2.05, 4.69) is 5.10 Å². The van der Waals surface area contributed by atoms with Gasteiger partial charge in [-0.3, -0.25) is 9.48 Å². The average Bonchev–Trinajstić information content (AvgIpc) is 3.03. The maximum Gasteiger partial charge on any atom is 0.224 e. The summed E-state index contributed by atoms with van der Waals surface area (Å²) in [5, 5.41) is 13.5. The van der Waals surface area contributed by atoms with Gasteiger partial charge in [0.25, 0.3) is 0 Å². The first-order valence-corrected chi connectivity index (χ1v) is 7.53. The third-order valence-corrected chi connectivity index (χ3v) is 4.07. The van der Waals surface area contributed by atoms with E-state index in [4.69, 9.17) is 5.11 Å². The van der Waals surface area contributed by atoms with E-state index in [9.17, 15) is 4.79 Å². The van der Waals surface area contributed by atoms with Crippen molar-refractivity contribution in [3.05, 3.63) is 17.5 Å². The first kappa shape index (κ1) is 15.0. The van der Waals surface area contributed by atoms with Crippen molar-refractivity contribution in [2.75, 3.05) is 13.2 Å². The van der Waals surface area contributed by atoms with Crippen LogP contribution in [0.15, 0.2) is 6.07 Å². The van der Waals surface area contributed by atoms with Gasteiger partial charge in [0.2, 0.25) is 5.91 Å². The van der Waals surface area contributed by atoms with Gasteiger partial charge >= 0.3 is 0 Å². The molecule has 0 aromatic carbocycles. The van der Waals surface area contributed by atoms with Crippen molar-refractivity contribution in [2.24, 2.45) is 0 Å². The van der Waals surface area contributed by atoms with Crippen molar-refractivity contribution >= 4 is 5.91 Å². The lowest BCUT2D eigenvalue weighted by atomic mass is 10.2. The van der Waals surface area contributed by atoms with Crippen LogP contribution in [-0.4, -0.2) is 44.9 Å². The summed E-state index contributed by atoms with van der Waals surface area (Å²) in [4.78, 5) is 14.3. The van der Waals surface area contributed by atoms with Gasteiger partial charge in [-0.15, -0.1) is 0 Å². The second kappa shape index (κ2) is 6.88. The Bertz CT molecular complexity index is 450. The number of aryl methyl sites for hydroxylation is 3. The quantitative estimate of drug-likeness (QED) is 0.861. The van der Waals surface area contributed by atoms with Gasteiger partial charge in [0.05, 0.1) is 12.3 Å². The van der Waals surface area contributed by atoms with Crippen LogP contribution in [-0.2, 0) is 11.3 Å². The number of carbonyl (C=O) groups is 1. The molecule has 5 nitrogen and oxygen atoms in total. The predicted octanol–water partition coefficient (Wildman–Crippen LogP) is 1.65. The smallest absolute Gasteiger partial charge is 0.224 e. The Kier molecular flexibility index (Phi) is 5.17. The average molecular weight is 279 g/mol. The molecular weight excluding hydrogens is 254 g/mol. The van der Waals surface area contributed by atoms with Crippen LogP contribution in [0.3, 0.4) is 0 Å². The molecule has 1 saturated carbocycles. The van der Waals surface area contributed by atoms with Crippen molar-refractivity contribution in [2.45, 2.75) is 58.5 Å².